The summed E-state index contributed by atoms with van der Waals surface area (Å²) in [6.45, 7) is 4.36. The number of aromatic nitrogens is 1. The Kier molecular flexibility index (Phi) is 6.32. The molecule has 0 aliphatic rings. The van der Waals surface area contributed by atoms with Crippen LogP contribution in [0.5, 0.6) is 0 Å². The van der Waals surface area contributed by atoms with Crippen LogP contribution in [0.3, 0.4) is 0 Å². The van der Waals surface area contributed by atoms with E-state index < -0.39 is 11.7 Å². The maximum Gasteiger partial charge on any atom is 0.417 e. The topological polar surface area (TPSA) is 12.9 Å². The Balaban J connectivity index is 0.000000423. The molecule has 1 nitrogen and oxygen atoms in total. The normalized spacial score (nSPS) is 10.5. The van der Waals surface area contributed by atoms with E-state index in [9.17, 15) is 13.2 Å². The molecule has 0 bridgehead atoms. The summed E-state index contributed by atoms with van der Waals surface area (Å²) in [6.07, 6.45) is -1.00. The predicted octanol–water partition coefficient (Wildman–Crippen LogP) is 4.56. The van der Waals surface area contributed by atoms with Gasteiger partial charge in [-0.25, -0.2) is 4.98 Å². The molecule has 0 aliphatic carbocycles. The Labute approximate surface area is 92.3 Å². The molecule has 0 aromatic carbocycles. The molecule has 0 atom stereocenters. The van der Waals surface area contributed by atoms with Gasteiger partial charge in [0.1, 0.15) is 5.15 Å². The summed E-state index contributed by atoms with van der Waals surface area (Å²) in [4.78, 5) is 3.29. The quantitative estimate of drug-likeness (QED) is 0.655. The number of rotatable bonds is 1. The van der Waals surface area contributed by atoms with E-state index in [0.29, 0.717) is 6.20 Å². The molecule has 1 aromatic rings. The lowest BCUT2D eigenvalue weighted by atomic mass is 10.3. The van der Waals surface area contributed by atoms with Crippen LogP contribution in [0.15, 0.2) is 18.3 Å². The molecule has 15 heavy (non-hydrogen) atoms. The number of hydrogen-bond donors (Lipinski definition) is 0. The fourth-order valence-corrected chi connectivity index (χ4v) is 0.655. The van der Waals surface area contributed by atoms with Gasteiger partial charge in [0.15, 0.2) is 0 Å². The molecule has 5 heteroatoms. The standard InChI is InChI=1S/C6H3ClF3N.C4H10/c7-5-2-1-4(3-11-5)6(8,9)10;1-3-4-2/h1-3H;3-4H2,1-2H3. The van der Waals surface area contributed by atoms with Crippen molar-refractivity contribution in [2.75, 3.05) is 0 Å². The van der Waals surface area contributed by atoms with E-state index in [0.717, 1.165) is 12.1 Å². The molecular formula is C10H13ClF3N. The lowest BCUT2D eigenvalue weighted by Gasteiger charge is -2.04. The number of hydrogen-bond acceptors (Lipinski definition) is 1. The van der Waals surface area contributed by atoms with Crippen molar-refractivity contribution in [3.8, 4) is 0 Å². The van der Waals surface area contributed by atoms with Crippen molar-refractivity contribution in [1.82, 2.24) is 4.98 Å². The average Bonchev–Trinajstić information content (AvgIpc) is 2.17. The second-order valence-corrected chi connectivity index (χ2v) is 3.25. The molecule has 0 saturated heterocycles. The van der Waals surface area contributed by atoms with Crippen molar-refractivity contribution in [3.05, 3.63) is 29.0 Å². The van der Waals surface area contributed by atoms with E-state index in [1.807, 2.05) is 0 Å². The minimum Gasteiger partial charge on any atom is -0.244 e. The maximum absolute atomic E-state index is 11.8. The first-order valence-electron chi connectivity index (χ1n) is 4.60. The Morgan fingerprint density at radius 3 is 2.00 bits per heavy atom. The molecule has 0 fully saturated rings. The summed E-state index contributed by atoms with van der Waals surface area (Å²) in [7, 11) is 0. The van der Waals surface area contributed by atoms with Crippen molar-refractivity contribution < 1.29 is 13.2 Å². The third-order valence-corrected chi connectivity index (χ3v) is 1.78. The van der Waals surface area contributed by atoms with Crippen molar-refractivity contribution in [2.45, 2.75) is 32.9 Å². The highest BCUT2D eigenvalue weighted by Gasteiger charge is 2.30. The monoisotopic (exact) mass is 239 g/mol. The first-order valence-corrected chi connectivity index (χ1v) is 4.98. The van der Waals surface area contributed by atoms with Gasteiger partial charge in [-0.1, -0.05) is 38.3 Å². The van der Waals surface area contributed by atoms with Gasteiger partial charge in [-0.05, 0) is 12.1 Å². The maximum atomic E-state index is 11.8. The molecule has 0 unspecified atom stereocenters. The van der Waals surface area contributed by atoms with E-state index in [-0.39, 0.29) is 5.15 Å². The van der Waals surface area contributed by atoms with Gasteiger partial charge < -0.3 is 0 Å². The number of nitrogens with zero attached hydrogens (tertiary/aromatic N) is 1. The Morgan fingerprint density at radius 1 is 1.20 bits per heavy atom. The van der Waals surface area contributed by atoms with Crippen LogP contribution in [-0.4, -0.2) is 4.98 Å². The van der Waals surface area contributed by atoms with Crippen LogP contribution in [-0.2, 0) is 6.18 Å². The summed E-state index contributed by atoms with van der Waals surface area (Å²) >= 11 is 5.28. The van der Waals surface area contributed by atoms with Crippen molar-refractivity contribution in [3.63, 3.8) is 0 Å². The summed E-state index contributed by atoms with van der Waals surface area (Å²) in [6, 6.07) is 1.99. The SMILES string of the molecule is CCCC.FC(F)(F)c1ccc(Cl)nc1. The van der Waals surface area contributed by atoms with E-state index in [2.05, 4.69) is 18.8 Å². The minimum absolute atomic E-state index is 0.0537. The molecule has 0 amide bonds. The smallest absolute Gasteiger partial charge is 0.244 e. The molecule has 0 aliphatic heterocycles. The van der Waals surface area contributed by atoms with E-state index in [1.165, 1.54) is 12.8 Å². The minimum atomic E-state index is -4.34. The molecule has 1 aromatic heterocycles. The highest BCUT2D eigenvalue weighted by molar-refractivity contribution is 6.29. The summed E-state index contributed by atoms with van der Waals surface area (Å²) in [5.41, 5.74) is -0.790. The number of unbranched alkanes of at least 4 members (excludes halogenated alkanes) is 1. The summed E-state index contributed by atoms with van der Waals surface area (Å²) < 4.78 is 35.5. The first kappa shape index (κ1) is 14.2. The van der Waals surface area contributed by atoms with Crippen LogP contribution < -0.4 is 0 Å². The Hall–Kier alpha value is -0.770. The summed E-state index contributed by atoms with van der Waals surface area (Å²) in [5.74, 6) is 0. The zero-order valence-electron chi connectivity index (χ0n) is 8.61. The van der Waals surface area contributed by atoms with E-state index in [4.69, 9.17) is 11.6 Å². The lowest BCUT2D eigenvalue weighted by molar-refractivity contribution is -0.137. The number of alkyl halides is 3. The molecule has 0 radical (unpaired) electrons. The van der Waals surface area contributed by atoms with Gasteiger partial charge in [-0.3, -0.25) is 0 Å². The van der Waals surface area contributed by atoms with Gasteiger partial charge >= 0.3 is 6.18 Å². The molecule has 86 valence electrons. The zero-order chi connectivity index (χ0) is 11.9. The molecule has 1 rings (SSSR count). The van der Waals surface area contributed by atoms with Crippen LogP contribution in [0.2, 0.25) is 5.15 Å². The van der Waals surface area contributed by atoms with Gasteiger partial charge in [-0.15, -0.1) is 0 Å². The first-order chi connectivity index (χ1) is 6.91. The van der Waals surface area contributed by atoms with Gasteiger partial charge in [0.25, 0.3) is 0 Å². The van der Waals surface area contributed by atoms with Crippen LogP contribution in [0.1, 0.15) is 32.3 Å². The van der Waals surface area contributed by atoms with Gasteiger partial charge in [0, 0.05) is 6.20 Å². The number of halogens is 4. The molecule has 0 spiro atoms. The predicted molar refractivity (Wildman–Crippen MR) is 54.8 cm³/mol. The van der Waals surface area contributed by atoms with Crippen LogP contribution in [0, 0.1) is 0 Å². The molecule has 1 heterocycles. The molecular weight excluding hydrogens is 227 g/mol. The zero-order valence-corrected chi connectivity index (χ0v) is 9.36. The Morgan fingerprint density at radius 2 is 1.73 bits per heavy atom. The van der Waals surface area contributed by atoms with Crippen molar-refractivity contribution in [1.29, 1.82) is 0 Å². The van der Waals surface area contributed by atoms with Crippen molar-refractivity contribution >= 4 is 11.6 Å². The number of pyridine rings is 1. The van der Waals surface area contributed by atoms with E-state index in [1.54, 1.807) is 0 Å². The van der Waals surface area contributed by atoms with Gasteiger partial charge in [-0.2, -0.15) is 13.2 Å². The largest absolute Gasteiger partial charge is 0.417 e. The third kappa shape index (κ3) is 6.33. The molecule has 0 N–H and O–H groups in total. The van der Waals surface area contributed by atoms with Crippen LogP contribution in [0.25, 0.3) is 0 Å². The average molecular weight is 240 g/mol. The second kappa shape index (κ2) is 6.67. The van der Waals surface area contributed by atoms with Crippen molar-refractivity contribution in [2.24, 2.45) is 0 Å². The fraction of sp³-hybridized carbons (Fsp3) is 0.500. The highest BCUT2D eigenvalue weighted by Crippen LogP contribution is 2.28. The van der Waals surface area contributed by atoms with Crippen LogP contribution >= 0.6 is 11.6 Å². The highest BCUT2D eigenvalue weighted by atomic mass is 35.5. The van der Waals surface area contributed by atoms with Gasteiger partial charge in [0.05, 0.1) is 5.56 Å². The Bertz CT molecular complexity index is 267. The van der Waals surface area contributed by atoms with Gasteiger partial charge in [0.2, 0.25) is 0 Å². The lowest BCUT2D eigenvalue weighted by Crippen LogP contribution is -2.04. The van der Waals surface area contributed by atoms with Crippen LogP contribution in [0.4, 0.5) is 13.2 Å². The third-order valence-electron chi connectivity index (χ3n) is 1.55. The van der Waals surface area contributed by atoms with E-state index >= 15 is 0 Å². The second-order valence-electron chi connectivity index (χ2n) is 2.87. The summed E-state index contributed by atoms with van der Waals surface area (Å²) in [5, 5.41) is 0.0537. The molecule has 0 saturated carbocycles. The fourth-order valence-electron chi connectivity index (χ4n) is 0.544.